The van der Waals surface area contributed by atoms with Crippen LogP contribution in [0.1, 0.15) is 22.6 Å². The van der Waals surface area contributed by atoms with E-state index in [9.17, 15) is 13.2 Å². The molecule has 1 aliphatic heterocycles. The Morgan fingerprint density at radius 3 is 2.62 bits per heavy atom. The van der Waals surface area contributed by atoms with Gasteiger partial charge >= 0.3 is 0 Å². The number of fused-ring (bicyclic) bond motifs is 2. The van der Waals surface area contributed by atoms with Crippen molar-refractivity contribution in [3.8, 4) is 0 Å². The largest absolute Gasteiger partial charge is 0.339 e. The minimum atomic E-state index is -3.52. The van der Waals surface area contributed by atoms with E-state index in [0.29, 0.717) is 42.6 Å². The van der Waals surface area contributed by atoms with Gasteiger partial charge in [0.1, 0.15) is 5.01 Å². The second kappa shape index (κ2) is 9.13. The average Bonchev–Trinajstić information content (AvgIpc) is 3.45. The van der Waals surface area contributed by atoms with Crippen molar-refractivity contribution in [1.29, 1.82) is 0 Å². The van der Waals surface area contributed by atoms with Gasteiger partial charge in [0, 0.05) is 31.9 Å². The monoisotopic (exact) mass is 487 g/mol. The van der Waals surface area contributed by atoms with E-state index in [1.54, 1.807) is 34.1 Å². The van der Waals surface area contributed by atoms with E-state index in [1.165, 1.54) is 9.87 Å². The van der Waals surface area contributed by atoms with Gasteiger partial charge in [-0.1, -0.05) is 18.2 Å². The van der Waals surface area contributed by atoms with Gasteiger partial charge in [0.2, 0.25) is 15.9 Å². The molecule has 0 atom stereocenters. The van der Waals surface area contributed by atoms with Crippen LogP contribution in [0.25, 0.3) is 10.2 Å². The number of hydrogen-bond donors (Lipinski definition) is 0. The first-order chi connectivity index (χ1) is 15.5. The molecule has 1 saturated heterocycles. The van der Waals surface area contributed by atoms with Crippen molar-refractivity contribution in [3.63, 3.8) is 0 Å². The zero-order valence-corrected chi connectivity index (χ0v) is 20.1. The number of piperazine rings is 1. The SMILES string of the molecule is O=C(CSCc1nc2ccccc2s1)N1CCN(S(=O)(=O)c2ccc3c(c2)CCC3)CC1. The fourth-order valence-corrected chi connectivity index (χ4v) is 7.75. The van der Waals surface area contributed by atoms with Crippen molar-refractivity contribution in [2.45, 2.75) is 29.9 Å². The molecule has 2 heterocycles. The lowest BCUT2D eigenvalue weighted by molar-refractivity contribution is -0.129. The van der Waals surface area contributed by atoms with Crippen molar-refractivity contribution < 1.29 is 13.2 Å². The summed E-state index contributed by atoms with van der Waals surface area (Å²) in [6, 6.07) is 13.6. The summed E-state index contributed by atoms with van der Waals surface area (Å²) in [6.07, 6.45) is 3.08. The second-order valence-corrected chi connectivity index (χ2v) is 12.2. The quantitative estimate of drug-likeness (QED) is 0.532. The summed E-state index contributed by atoms with van der Waals surface area (Å²) in [5, 5.41) is 1.02. The zero-order chi connectivity index (χ0) is 22.1. The van der Waals surface area contributed by atoms with Crippen molar-refractivity contribution in [2.24, 2.45) is 0 Å². The molecule has 0 saturated carbocycles. The highest BCUT2D eigenvalue weighted by Crippen LogP contribution is 2.27. The van der Waals surface area contributed by atoms with Crippen molar-refractivity contribution in [2.75, 3.05) is 31.9 Å². The molecule has 168 valence electrons. The fourth-order valence-electron chi connectivity index (χ4n) is 4.33. The number of aryl methyl sites for hydroxylation is 2. The molecule has 1 fully saturated rings. The van der Waals surface area contributed by atoms with E-state index >= 15 is 0 Å². The average molecular weight is 488 g/mol. The van der Waals surface area contributed by atoms with Gasteiger partial charge in [-0.25, -0.2) is 13.4 Å². The van der Waals surface area contributed by atoms with E-state index in [4.69, 9.17) is 0 Å². The Kier molecular flexibility index (Phi) is 6.24. The van der Waals surface area contributed by atoms with Crippen LogP contribution in [0.2, 0.25) is 0 Å². The molecule has 0 radical (unpaired) electrons. The molecular formula is C23H25N3O3S3. The number of sulfonamides is 1. The molecule has 0 bridgehead atoms. The van der Waals surface area contributed by atoms with Crippen molar-refractivity contribution >= 4 is 49.2 Å². The normalized spacial score (nSPS) is 17.1. The van der Waals surface area contributed by atoms with E-state index in [0.717, 1.165) is 40.1 Å². The van der Waals surface area contributed by atoms with Crippen molar-refractivity contribution in [3.05, 3.63) is 58.6 Å². The Hall–Kier alpha value is -1.94. The zero-order valence-electron chi connectivity index (χ0n) is 17.7. The summed E-state index contributed by atoms with van der Waals surface area (Å²) < 4.78 is 28.8. The molecule has 1 aliphatic carbocycles. The van der Waals surface area contributed by atoms with Crippen LogP contribution in [0.15, 0.2) is 47.4 Å². The van der Waals surface area contributed by atoms with E-state index in [1.807, 2.05) is 30.3 Å². The third-order valence-corrected chi connectivity index (χ3v) is 10.1. The number of thioether (sulfide) groups is 1. The van der Waals surface area contributed by atoms with Gasteiger partial charge in [-0.2, -0.15) is 4.31 Å². The van der Waals surface area contributed by atoms with Crippen molar-refractivity contribution in [1.82, 2.24) is 14.2 Å². The standard InChI is InChI=1S/C23H25N3O3S3/c27-23(16-30-15-22-24-20-6-1-2-7-21(20)31-22)25-10-12-26(13-11-25)32(28,29)19-9-8-17-4-3-5-18(17)14-19/h1-2,6-9,14H,3-5,10-13,15-16H2. The Balaban J connectivity index is 1.13. The summed E-state index contributed by atoms with van der Waals surface area (Å²) in [6.45, 7) is 1.55. The molecule has 1 aromatic heterocycles. The molecule has 9 heteroatoms. The number of benzene rings is 2. The summed E-state index contributed by atoms with van der Waals surface area (Å²) in [5.41, 5.74) is 3.42. The lowest BCUT2D eigenvalue weighted by Gasteiger charge is -2.34. The first-order valence-corrected chi connectivity index (χ1v) is 14.2. The summed E-state index contributed by atoms with van der Waals surface area (Å²) >= 11 is 3.23. The number of rotatable bonds is 6. The van der Waals surface area contributed by atoms with E-state index < -0.39 is 10.0 Å². The summed E-state index contributed by atoms with van der Waals surface area (Å²) in [5.74, 6) is 1.15. The number of nitrogens with zero attached hydrogens (tertiary/aromatic N) is 3. The van der Waals surface area contributed by atoms with Crippen LogP contribution in [0.5, 0.6) is 0 Å². The van der Waals surface area contributed by atoms with Crippen LogP contribution in [-0.2, 0) is 33.4 Å². The molecule has 2 aromatic carbocycles. The Morgan fingerprint density at radius 1 is 1.03 bits per heavy atom. The Bertz CT molecular complexity index is 1210. The van der Waals surface area contributed by atoms with Crippen LogP contribution in [0.3, 0.4) is 0 Å². The van der Waals surface area contributed by atoms with Crippen LogP contribution < -0.4 is 0 Å². The maximum absolute atomic E-state index is 13.1. The first kappa shape index (κ1) is 21.9. The minimum absolute atomic E-state index is 0.0608. The van der Waals surface area contributed by atoms with Gasteiger partial charge in [0.05, 0.1) is 20.9 Å². The highest BCUT2D eigenvalue weighted by Gasteiger charge is 2.30. The number of aromatic nitrogens is 1. The molecule has 0 unspecified atom stereocenters. The first-order valence-electron chi connectivity index (χ1n) is 10.8. The number of para-hydroxylation sites is 1. The van der Waals surface area contributed by atoms with Gasteiger partial charge in [-0.3, -0.25) is 4.79 Å². The number of thiazole rings is 1. The topological polar surface area (TPSA) is 70.6 Å². The van der Waals surface area contributed by atoms with Crippen LogP contribution in [-0.4, -0.2) is 60.4 Å². The van der Waals surface area contributed by atoms with Gasteiger partial charge in [0.15, 0.2) is 0 Å². The van der Waals surface area contributed by atoms with Gasteiger partial charge in [0.25, 0.3) is 0 Å². The summed E-state index contributed by atoms with van der Waals surface area (Å²) in [7, 11) is -3.52. The van der Waals surface area contributed by atoms with Crippen LogP contribution in [0.4, 0.5) is 0 Å². The summed E-state index contributed by atoms with van der Waals surface area (Å²) in [4.78, 5) is 19.4. The molecule has 1 amide bonds. The highest BCUT2D eigenvalue weighted by atomic mass is 32.2. The lowest BCUT2D eigenvalue weighted by atomic mass is 10.1. The molecule has 6 nitrogen and oxygen atoms in total. The lowest BCUT2D eigenvalue weighted by Crippen LogP contribution is -2.51. The minimum Gasteiger partial charge on any atom is -0.339 e. The highest BCUT2D eigenvalue weighted by molar-refractivity contribution is 7.99. The number of amides is 1. The number of carbonyl (C=O) groups excluding carboxylic acids is 1. The predicted octanol–water partition coefficient (Wildman–Crippen LogP) is 3.55. The molecule has 0 spiro atoms. The van der Waals surface area contributed by atoms with Gasteiger partial charge in [-0.05, 0) is 54.7 Å². The molecular weight excluding hydrogens is 462 g/mol. The number of hydrogen-bond acceptors (Lipinski definition) is 6. The Labute approximate surface area is 196 Å². The van der Waals surface area contributed by atoms with Gasteiger partial charge in [-0.15, -0.1) is 23.1 Å². The van der Waals surface area contributed by atoms with Crippen LogP contribution >= 0.6 is 23.1 Å². The van der Waals surface area contributed by atoms with Gasteiger partial charge < -0.3 is 4.90 Å². The molecule has 2 aliphatic rings. The third-order valence-electron chi connectivity index (χ3n) is 6.09. The maximum Gasteiger partial charge on any atom is 0.243 e. The smallest absolute Gasteiger partial charge is 0.243 e. The molecule has 5 rings (SSSR count). The molecule has 32 heavy (non-hydrogen) atoms. The third kappa shape index (κ3) is 4.44. The van der Waals surface area contributed by atoms with E-state index in [2.05, 4.69) is 11.1 Å². The number of carbonyl (C=O) groups is 1. The molecule has 3 aromatic rings. The van der Waals surface area contributed by atoms with E-state index in [-0.39, 0.29) is 5.91 Å². The predicted molar refractivity (Wildman–Crippen MR) is 130 cm³/mol. The second-order valence-electron chi connectivity index (χ2n) is 8.14. The molecule has 0 N–H and O–H groups in total. The fraction of sp³-hybridized carbons (Fsp3) is 0.391. The maximum atomic E-state index is 13.1. The Morgan fingerprint density at radius 2 is 1.81 bits per heavy atom. The van der Waals surface area contributed by atoms with Crippen LogP contribution in [0, 0.1) is 0 Å².